The van der Waals surface area contributed by atoms with E-state index >= 15 is 0 Å². The molecule has 0 bridgehead atoms. The summed E-state index contributed by atoms with van der Waals surface area (Å²) in [4.78, 5) is 8.23. The van der Waals surface area contributed by atoms with Crippen molar-refractivity contribution in [2.24, 2.45) is 4.99 Å². The Morgan fingerprint density at radius 1 is 0.946 bits per heavy atom. The average Bonchev–Trinajstić information content (AvgIpc) is 2.89. The van der Waals surface area contributed by atoms with Crippen molar-refractivity contribution in [1.82, 2.24) is 4.90 Å². The van der Waals surface area contributed by atoms with E-state index in [0.29, 0.717) is 28.8 Å². The Kier molecular flexibility index (Phi) is 9.36. The summed E-state index contributed by atoms with van der Waals surface area (Å²) in [5.41, 5.74) is 6.11. The third-order valence-corrected chi connectivity index (χ3v) is 7.25. The fourth-order valence-electron chi connectivity index (χ4n) is 3.69. The number of nitrogens with zero attached hydrogens (tertiary/aromatic N) is 2. The summed E-state index contributed by atoms with van der Waals surface area (Å²) in [5, 5.41) is 23.0. The standard InChI is InChI=1S/C29H26Cl2N3O2S/c1-20-3-2-4-26(17-20)37-29(32-24-11-14-27(31)28(18-24)33-36)34(19-22-7-12-25(35)13-8-22)16-15-21-5-9-23(30)10-6-21/h2-14,17-18,33,35H,15-16,19H2,1H3/q-1. The minimum absolute atomic E-state index is 0.221. The molecule has 0 atom stereocenters. The Morgan fingerprint density at radius 2 is 1.68 bits per heavy atom. The summed E-state index contributed by atoms with van der Waals surface area (Å²) in [6.45, 7) is 3.31. The van der Waals surface area contributed by atoms with E-state index in [1.165, 1.54) is 0 Å². The van der Waals surface area contributed by atoms with E-state index in [1.807, 2.05) is 47.9 Å². The molecule has 5 nitrogen and oxygen atoms in total. The second kappa shape index (κ2) is 12.9. The molecular weight excluding hydrogens is 525 g/mol. The van der Waals surface area contributed by atoms with Crippen molar-refractivity contribution in [2.45, 2.75) is 24.8 Å². The van der Waals surface area contributed by atoms with E-state index in [0.717, 1.165) is 33.2 Å². The van der Waals surface area contributed by atoms with Crippen molar-refractivity contribution in [1.29, 1.82) is 0 Å². The van der Waals surface area contributed by atoms with E-state index < -0.39 is 0 Å². The molecule has 0 aliphatic heterocycles. The number of hydrogen-bond donors (Lipinski definition) is 2. The Labute approximate surface area is 231 Å². The van der Waals surface area contributed by atoms with Crippen molar-refractivity contribution in [3.63, 3.8) is 0 Å². The summed E-state index contributed by atoms with van der Waals surface area (Å²) in [5.74, 6) is 0.221. The monoisotopic (exact) mass is 550 g/mol. The predicted octanol–water partition coefficient (Wildman–Crippen LogP) is 8.44. The molecule has 37 heavy (non-hydrogen) atoms. The van der Waals surface area contributed by atoms with Crippen molar-refractivity contribution in [3.8, 4) is 5.75 Å². The Balaban J connectivity index is 1.72. The third kappa shape index (κ3) is 7.91. The average molecular weight is 552 g/mol. The van der Waals surface area contributed by atoms with Gasteiger partial charge in [-0.05, 0) is 79.1 Å². The van der Waals surface area contributed by atoms with Crippen molar-refractivity contribution in [2.75, 3.05) is 12.0 Å². The first kappa shape index (κ1) is 26.9. The van der Waals surface area contributed by atoms with Gasteiger partial charge in [0.15, 0.2) is 5.17 Å². The Morgan fingerprint density at radius 3 is 2.38 bits per heavy atom. The molecule has 0 aliphatic rings. The zero-order valence-corrected chi connectivity index (χ0v) is 22.5. The number of aryl methyl sites for hydroxylation is 1. The van der Waals surface area contributed by atoms with Crippen LogP contribution in [0.1, 0.15) is 16.7 Å². The van der Waals surface area contributed by atoms with Crippen LogP contribution in [0.2, 0.25) is 10.0 Å². The van der Waals surface area contributed by atoms with Crippen LogP contribution in [-0.2, 0) is 13.0 Å². The second-order valence-corrected chi connectivity index (χ2v) is 10.4. The molecule has 0 aliphatic carbocycles. The minimum Gasteiger partial charge on any atom is -0.761 e. The lowest BCUT2D eigenvalue weighted by Gasteiger charge is -2.26. The summed E-state index contributed by atoms with van der Waals surface area (Å²) in [6, 6.07) is 28.3. The van der Waals surface area contributed by atoms with Crippen molar-refractivity contribution < 1.29 is 5.11 Å². The molecule has 0 aromatic heterocycles. The second-order valence-electron chi connectivity index (χ2n) is 8.54. The number of aromatic hydroxyl groups is 1. The SMILES string of the molecule is Cc1cccc(SC(=Nc2ccc(Cl)c(N[O-])c2)N(CCc2ccc(Cl)cc2)Cc2ccc(O)cc2)c1. The molecule has 0 amide bonds. The highest BCUT2D eigenvalue weighted by Crippen LogP contribution is 2.31. The third-order valence-electron chi connectivity index (χ3n) is 5.65. The molecule has 4 aromatic rings. The molecule has 0 radical (unpaired) electrons. The highest BCUT2D eigenvalue weighted by molar-refractivity contribution is 8.13. The maximum Gasteiger partial charge on any atom is 0.169 e. The van der Waals surface area contributed by atoms with Gasteiger partial charge in [-0.1, -0.05) is 76.9 Å². The predicted molar refractivity (Wildman–Crippen MR) is 156 cm³/mol. The summed E-state index contributed by atoms with van der Waals surface area (Å²) in [6.07, 6.45) is 0.774. The van der Waals surface area contributed by atoms with Crippen LogP contribution in [0.5, 0.6) is 5.75 Å². The van der Waals surface area contributed by atoms with Crippen LogP contribution in [0.4, 0.5) is 11.4 Å². The first-order chi connectivity index (χ1) is 17.9. The van der Waals surface area contributed by atoms with Gasteiger partial charge < -0.3 is 20.7 Å². The number of anilines is 1. The molecule has 0 saturated carbocycles. The molecule has 0 unspecified atom stereocenters. The highest BCUT2D eigenvalue weighted by atomic mass is 35.5. The largest absolute Gasteiger partial charge is 0.761 e. The van der Waals surface area contributed by atoms with E-state index in [-0.39, 0.29) is 11.4 Å². The van der Waals surface area contributed by atoms with Crippen LogP contribution in [0.25, 0.3) is 0 Å². The van der Waals surface area contributed by atoms with Gasteiger partial charge in [-0.25, -0.2) is 4.99 Å². The molecule has 2 N–H and O–H groups in total. The first-order valence-corrected chi connectivity index (χ1v) is 13.2. The number of phenolic OH excluding ortho intramolecular Hbond substituents is 1. The first-order valence-electron chi connectivity index (χ1n) is 11.7. The maximum absolute atomic E-state index is 11.4. The summed E-state index contributed by atoms with van der Waals surface area (Å²) in [7, 11) is 0. The number of rotatable bonds is 8. The molecule has 4 rings (SSSR count). The van der Waals surface area contributed by atoms with Gasteiger partial charge in [0.1, 0.15) is 5.75 Å². The maximum atomic E-state index is 11.4. The van der Waals surface area contributed by atoms with Crippen LogP contribution in [0.15, 0.2) is 101 Å². The van der Waals surface area contributed by atoms with Crippen LogP contribution in [0, 0.1) is 12.1 Å². The quantitative estimate of drug-likeness (QED) is 0.0995. The van der Waals surface area contributed by atoms with Crippen LogP contribution in [0.3, 0.4) is 0 Å². The number of aliphatic imine (C=N–C) groups is 1. The van der Waals surface area contributed by atoms with Gasteiger partial charge in [0.2, 0.25) is 0 Å². The fraction of sp³-hybridized carbons (Fsp3) is 0.138. The fourth-order valence-corrected chi connectivity index (χ4v) is 5.01. The molecular formula is C29H26Cl2N3O2S-. The number of amidine groups is 1. The van der Waals surface area contributed by atoms with Gasteiger partial charge in [-0.3, -0.25) is 0 Å². The smallest absolute Gasteiger partial charge is 0.169 e. The van der Waals surface area contributed by atoms with Crippen LogP contribution >= 0.6 is 35.0 Å². The molecule has 190 valence electrons. The lowest BCUT2D eigenvalue weighted by Crippen LogP contribution is -2.30. The van der Waals surface area contributed by atoms with E-state index in [1.54, 1.807) is 42.1 Å². The summed E-state index contributed by atoms with van der Waals surface area (Å²) < 4.78 is 0. The lowest BCUT2D eigenvalue weighted by atomic mass is 10.1. The number of nitrogens with one attached hydrogen (secondary N) is 1. The van der Waals surface area contributed by atoms with Gasteiger partial charge in [-0.2, -0.15) is 0 Å². The molecule has 0 saturated heterocycles. The topological polar surface area (TPSA) is 70.9 Å². The number of phenols is 1. The lowest BCUT2D eigenvalue weighted by molar-refractivity contribution is 0.424. The zero-order chi connectivity index (χ0) is 26.2. The van der Waals surface area contributed by atoms with E-state index in [9.17, 15) is 10.3 Å². The van der Waals surface area contributed by atoms with Gasteiger partial charge in [0.25, 0.3) is 0 Å². The molecule has 4 aromatic carbocycles. The van der Waals surface area contributed by atoms with Crippen molar-refractivity contribution >= 4 is 51.5 Å². The van der Waals surface area contributed by atoms with E-state index in [2.05, 4.69) is 30.0 Å². The number of halogens is 2. The number of hydrogen-bond acceptors (Lipinski definition) is 5. The van der Waals surface area contributed by atoms with Gasteiger partial charge in [0.05, 0.1) is 10.7 Å². The van der Waals surface area contributed by atoms with Crippen LogP contribution in [-0.4, -0.2) is 21.7 Å². The normalized spacial score (nSPS) is 11.4. The molecule has 8 heteroatoms. The molecule has 0 heterocycles. The Bertz CT molecular complexity index is 1360. The van der Waals surface area contributed by atoms with Gasteiger partial charge >= 0.3 is 0 Å². The van der Waals surface area contributed by atoms with Gasteiger partial charge in [-0.15, -0.1) is 0 Å². The Hall–Kier alpha value is -3.16. The highest BCUT2D eigenvalue weighted by Gasteiger charge is 2.16. The van der Waals surface area contributed by atoms with Crippen LogP contribution < -0.4 is 5.48 Å². The zero-order valence-electron chi connectivity index (χ0n) is 20.2. The molecule has 0 fully saturated rings. The van der Waals surface area contributed by atoms with E-state index in [4.69, 9.17) is 28.2 Å². The minimum atomic E-state index is 0.221. The van der Waals surface area contributed by atoms with Gasteiger partial charge in [0, 0.05) is 28.7 Å². The summed E-state index contributed by atoms with van der Waals surface area (Å²) >= 11 is 13.8. The van der Waals surface area contributed by atoms with Crippen molar-refractivity contribution in [3.05, 3.63) is 123 Å². The number of thioether (sulfide) groups is 1. The molecule has 0 spiro atoms. The number of benzene rings is 4.